The maximum atomic E-state index is 13.1. The maximum absolute atomic E-state index is 13.1. The van der Waals surface area contributed by atoms with Crippen molar-refractivity contribution in [3.8, 4) is 11.3 Å². The van der Waals surface area contributed by atoms with Gasteiger partial charge in [0, 0.05) is 15.4 Å². The molecule has 7 nitrogen and oxygen atoms in total. The summed E-state index contributed by atoms with van der Waals surface area (Å²) >= 11 is 4.71. The average molecular weight is 499 g/mol. The number of thiazole rings is 1. The van der Waals surface area contributed by atoms with E-state index >= 15 is 0 Å². The van der Waals surface area contributed by atoms with Gasteiger partial charge in [-0.25, -0.2) is 9.78 Å². The minimum Gasteiger partial charge on any atom is -0.319 e. The lowest BCUT2D eigenvalue weighted by Gasteiger charge is -2.25. The second-order valence-electron chi connectivity index (χ2n) is 7.04. The van der Waals surface area contributed by atoms with Crippen LogP contribution in [0.1, 0.15) is 18.9 Å². The molecule has 0 aliphatic carbocycles. The fourth-order valence-electron chi connectivity index (χ4n) is 3.55. The Morgan fingerprint density at radius 2 is 1.97 bits per heavy atom. The van der Waals surface area contributed by atoms with Crippen molar-refractivity contribution >= 4 is 50.2 Å². The van der Waals surface area contributed by atoms with Crippen LogP contribution >= 0.6 is 27.3 Å². The van der Waals surface area contributed by atoms with Crippen molar-refractivity contribution in [2.75, 3.05) is 11.9 Å². The van der Waals surface area contributed by atoms with Gasteiger partial charge in [-0.15, -0.1) is 11.3 Å². The van der Waals surface area contributed by atoms with E-state index in [9.17, 15) is 14.4 Å². The second-order valence-corrected chi connectivity index (χ2v) is 8.82. The molecular formula is C22H19BrN4O3S. The van der Waals surface area contributed by atoms with E-state index in [0.717, 1.165) is 20.6 Å². The second kappa shape index (κ2) is 8.60. The van der Waals surface area contributed by atoms with Crippen molar-refractivity contribution in [2.24, 2.45) is 0 Å². The molecule has 0 radical (unpaired) electrons. The molecule has 31 heavy (non-hydrogen) atoms. The summed E-state index contributed by atoms with van der Waals surface area (Å²) in [6.07, 6.45) is 0.377. The van der Waals surface area contributed by atoms with Gasteiger partial charge < -0.3 is 10.6 Å². The molecule has 1 aromatic heterocycles. The Hall–Kier alpha value is -3.04. The van der Waals surface area contributed by atoms with E-state index in [4.69, 9.17) is 0 Å². The van der Waals surface area contributed by atoms with Crippen LogP contribution in [0.3, 0.4) is 0 Å². The zero-order valence-corrected chi connectivity index (χ0v) is 19.0. The number of anilines is 1. The number of hydrogen-bond donors (Lipinski definition) is 2. The molecule has 2 heterocycles. The SMILES string of the molecule is CCC1(c2ccccc2)NC(=O)N(CC(=O)Nc2nc(-c3cccc(Br)c3)cs2)C1=O. The van der Waals surface area contributed by atoms with E-state index in [2.05, 4.69) is 31.5 Å². The Balaban J connectivity index is 1.47. The Bertz CT molecular complexity index is 1150. The zero-order valence-electron chi connectivity index (χ0n) is 16.6. The van der Waals surface area contributed by atoms with Crippen LogP contribution in [0.4, 0.5) is 9.93 Å². The Morgan fingerprint density at radius 3 is 2.68 bits per heavy atom. The van der Waals surface area contributed by atoms with Crippen LogP contribution < -0.4 is 10.6 Å². The van der Waals surface area contributed by atoms with Crippen molar-refractivity contribution in [1.82, 2.24) is 15.2 Å². The molecule has 1 unspecified atom stereocenters. The lowest BCUT2D eigenvalue weighted by molar-refractivity contribution is -0.134. The van der Waals surface area contributed by atoms with E-state index in [1.807, 2.05) is 54.8 Å². The first-order valence-electron chi connectivity index (χ1n) is 9.64. The van der Waals surface area contributed by atoms with Gasteiger partial charge in [-0.05, 0) is 24.1 Å². The summed E-state index contributed by atoms with van der Waals surface area (Å²) in [6.45, 7) is 1.44. The van der Waals surface area contributed by atoms with Gasteiger partial charge in [-0.1, -0.05) is 65.3 Å². The number of imide groups is 1. The summed E-state index contributed by atoms with van der Waals surface area (Å²) in [6, 6.07) is 16.2. The van der Waals surface area contributed by atoms with Crippen LogP contribution in [0.5, 0.6) is 0 Å². The zero-order chi connectivity index (χ0) is 22.0. The summed E-state index contributed by atoms with van der Waals surface area (Å²) in [7, 11) is 0. The molecule has 0 spiro atoms. The van der Waals surface area contributed by atoms with Gasteiger partial charge in [-0.3, -0.25) is 14.5 Å². The molecule has 9 heteroatoms. The highest BCUT2D eigenvalue weighted by Crippen LogP contribution is 2.32. The van der Waals surface area contributed by atoms with Crippen molar-refractivity contribution in [3.63, 3.8) is 0 Å². The molecule has 2 aromatic carbocycles. The Morgan fingerprint density at radius 1 is 1.19 bits per heavy atom. The van der Waals surface area contributed by atoms with Gasteiger partial charge in [0.2, 0.25) is 5.91 Å². The van der Waals surface area contributed by atoms with Crippen molar-refractivity contribution in [3.05, 3.63) is 70.0 Å². The lowest BCUT2D eigenvalue weighted by Crippen LogP contribution is -2.44. The molecule has 4 rings (SSSR count). The van der Waals surface area contributed by atoms with E-state index < -0.39 is 23.4 Å². The number of nitrogens with one attached hydrogen (secondary N) is 2. The van der Waals surface area contributed by atoms with Crippen LogP contribution in [-0.4, -0.2) is 34.3 Å². The number of carbonyl (C=O) groups excluding carboxylic acids is 3. The first-order valence-corrected chi connectivity index (χ1v) is 11.3. The fourth-order valence-corrected chi connectivity index (χ4v) is 4.68. The van der Waals surface area contributed by atoms with Crippen molar-refractivity contribution in [1.29, 1.82) is 0 Å². The number of aromatic nitrogens is 1. The number of benzene rings is 2. The third kappa shape index (κ3) is 4.11. The highest BCUT2D eigenvalue weighted by molar-refractivity contribution is 9.10. The fraction of sp³-hybridized carbons (Fsp3) is 0.182. The topological polar surface area (TPSA) is 91.4 Å². The van der Waals surface area contributed by atoms with Gasteiger partial charge >= 0.3 is 6.03 Å². The minimum absolute atomic E-state index is 0.377. The van der Waals surface area contributed by atoms with Gasteiger partial charge in [0.1, 0.15) is 12.1 Å². The van der Waals surface area contributed by atoms with E-state index in [0.29, 0.717) is 17.1 Å². The number of rotatable bonds is 6. The van der Waals surface area contributed by atoms with Crippen LogP contribution in [0, 0.1) is 0 Å². The first-order chi connectivity index (χ1) is 14.9. The third-order valence-corrected chi connectivity index (χ3v) is 6.40. The quantitative estimate of drug-likeness (QED) is 0.493. The summed E-state index contributed by atoms with van der Waals surface area (Å²) in [5.74, 6) is -0.922. The molecule has 1 saturated heterocycles. The number of nitrogens with zero attached hydrogens (tertiary/aromatic N) is 2. The van der Waals surface area contributed by atoms with Gasteiger partial charge in [0.15, 0.2) is 5.13 Å². The van der Waals surface area contributed by atoms with Crippen LogP contribution in [0.25, 0.3) is 11.3 Å². The van der Waals surface area contributed by atoms with Crippen LogP contribution in [-0.2, 0) is 15.1 Å². The number of carbonyl (C=O) groups is 3. The molecule has 158 valence electrons. The minimum atomic E-state index is -1.16. The standard InChI is InChI=1S/C22H19BrN4O3S/c1-2-22(15-8-4-3-5-9-15)19(29)27(21(30)26-22)12-18(28)25-20-24-17(13-31-20)14-7-6-10-16(23)11-14/h3-11,13H,2,12H2,1H3,(H,26,30)(H,24,25,28). The van der Waals surface area contributed by atoms with Crippen LogP contribution in [0.2, 0.25) is 0 Å². The van der Waals surface area contributed by atoms with E-state index in [1.54, 1.807) is 12.1 Å². The molecule has 0 bridgehead atoms. The third-order valence-electron chi connectivity index (χ3n) is 5.15. The summed E-state index contributed by atoms with van der Waals surface area (Å²) in [5.41, 5.74) is 1.17. The van der Waals surface area contributed by atoms with Gasteiger partial charge in [-0.2, -0.15) is 0 Å². The molecule has 1 fully saturated rings. The monoisotopic (exact) mass is 498 g/mol. The molecular weight excluding hydrogens is 480 g/mol. The molecule has 2 N–H and O–H groups in total. The van der Waals surface area contributed by atoms with E-state index in [1.165, 1.54) is 11.3 Å². The normalized spacial score (nSPS) is 18.2. The summed E-state index contributed by atoms with van der Waals surface area (Å²) in [4.78, 5) is 43.6. The molecule has 0 saturated carbocycles. The predicted molar refractivity (Wildman–Crippen MR) is 123 cm³/mol. The highest BCUT2D eigenvalue weighted by Gasteiger charge is 2.51. The Kier molecular flexibility index (Phi) is 5.88. The van der Waals surface area contributed by atoms with Gasteiger partial charge in [0.25, 0.3) is 5.91 Å². The average Bonchev–Trinajstić information content (AvgIpc) is 3.33. The molecule has 3 aromatic rings. The first kappa shape index (κ1) is 21.2. The van der Waals surface area contributed by atoms with E-state index in [-0.39, 0.29) is 6.54 Å². The summed E-state index contributed by atoms with van der Waals surface area (Å²) < 4.78 is 0.931. The van der Waals surface area contributed by atoms with Gasteiger partial charge in [0.05, 0.1) is 5.69 Å². The number of halogens is 1. The van der Waals surface area contributed by atoms with Crippen molar-refractivity contribution < 1.29 is 14.4 Å². The molecule has 1 aliphatic rings. The summed E-state index contributed by atoms with van der Waals surface area (Å²) in [5, 5.41) is 7.69. The molecule has 1 aliphatic heterocycles. The maximum Gasteiger partial charge on any atom is 0.325 e. The van der Waals surface area contributed by atoms with Crippen LogP contribution in [0.15, 0.2) is 64.5 Å². The number of urea groups is 1. The molecule has 4 amide bonds. The van der Waals surface area contributed by atoms with Crippen molar-refractivity contribution in [2.45, 2.75) is 18.9 Å². The number of amides is 4. The predicted octanol–water partition coefficient (Wildman–Crippen LogP) is 4.37. The number of hydrogen-bond acceptors (Lipinski definition) is 5. The smallest absolute Gasteiger partial charge is 0.319 e. The Labute approximate surface area is 191 Å². The largest absolute Gasteiger partial charge is 0.325 e. The molecule has 1 atom stereocenters. The lowest BCUT2D eigenvalue weighted by atomic mass is 9.87. The highest BCUT2D eigenvalue weighted by atomic mass is 79.9.